The number of hydrogen-bond acceptors (Lipinski definition) is 7. The average Bonchev–Trinajstić information content (AvgIpc) is 2.90. The summed E-state index contributed by atoms with van der Waals surface area (Å²) in [4.78, 5) is 51.6. The third-order valence-corrected chi connectivity index (χ3v) is 5.14. The first-order valence-corrected chi connectivity index (χ1v) is 11.1. The van der Waals surface area contributed by atoms with Gasteiger partial charge < -0.3 is 35.8 Å². The van der Waals surface area contributed by atoms with Gasteiger partial charge in [-0.15, -0.1) is 0 Å². The molecule has 0 bridgehead atoms. The maximum absolute atomic E-state index is 13.0. The van der Waals surface area contributed by atoms with Crippen LogP contribution in [0.1, 0.15) is 32.1 Å². The van der Waals surface area contributed by atoms with Gasteiger partial charge in [0.05, 0.1) is 7.11 Å². The first kappa shape index (κ1) is 32.6. The van der Waals surface area contributed by atoms with Crippen LogP contribution in [0.25, 0.3) is 0 Å². The zero-order chi connectivity index (χ0) is 26.8. The predicted molar refractivity (Wildman–Crippen MR) is 134 cm³/mol. The van der Waals surface area contributed by atoms with Crippen LogP contribution in [0.3, 0.4) is 0 Å². The first-order valence-electron chi connectivity index (χ1n) is 11.1. The summed E-state index contributed by atoms with van der Waals surface area (Å²) in [6.45, 7) is -0.378. The van der Waals surface area contributed by atoms with E-state index in [1.165, 1.54) is 0 Å². The Labute approximate surface area is 234 Å². The van der Waals surface area contributed by atoms with Crippen LogP contribution in [0.5, 0.6) is 11.5 Å². The molecule has 13 heteroatoms. The van der Waals surface area contributed by atoms with Crippen molar-refractivity contribution in [3.05, 3.63) is 89.2 Å². The van der Waals surface area contributed by atoms with Gasteiger partial charge >= 0.3 is 11.9 Å². The molecule has 0 saturated carbocycles. The van der Waals surface area contributed by atoms with Crippen molar-refractivity contribution in [2.75, 3.05) is 13.7 Å². The van der Waals surface area contributed by atoms with E-state index >= 15 is 0 Å². The number of pyridine rings is 1. The molecule has 0 aliphatic carbocycles. The summed E-state index contributed by atoms with van der Waals surface area (Å²) in [5, 5.41) is 23.7. The van der Waals surface area contributed by atoms with Crippen molar-refractivity contribution in [1.82, 2.24) is 15.6 Å². The fraction of sp³-hybridized carbons (Fsp3) is 0.192. The first-order chi connectivity index (χ1) is 17.7. The molecule has 3 rings (SSSR count). The third kappa shape index (κ3) is 10.1. The molecule has 3 aromatic rings. The van der Waals surface area contributed by atoms with Crippen LogP contribution in [0, 0.1) is 0 Å². The summed E-state index contributed by atoms with van der Waals surface area (Å²) in [6.07, 6.45) is 0.206. The van der Waals surface area contributed by atoms with Crippen molar-refractivity contribution in [2.24, 2.45) is 0 Å². The van der Waals surface area contributed by atoms with E-state index < -0.39 is 47.8 Å². The van der Waals surface area contributed by atoms with Gasteiger partial charge in [0, 0.05) is 42.2 Å². The van der Waals surface area contributed by atoms with Crippen LogP contribution in [0.4, 0.5) is 0 Å². The smallest absolute Gasteiger partial charge is 0.354 e. The van der Waals surface area contributed by atoms with Crippen LogP contribution >= 0.6 is 0 Å². The Bertz CT molecular complexity index is 1260. The average molecular weight is 589 g/mol. The largest absolute Gasteiger partial charge is 0.497 e. The number of amides is 2. The van der Waals surface area contributed by atoms with Gasteiger partial charge in [0.25, 0.3) is 5.91 Å². The molecule has 211 valence electrons. The van der Waals surface area contributed by atoms with E-state index in [-0.39, 0.29) is 41.3 Å². The number of rotatable bonds is 12. The second kappa shape index (κ2) is 15.7. The number of hydrogen-bond donors (Lipinski definition) is 4. The summed E-state index contributed by atoms with van der Waals surface area (Å²) < 4.78 is 10.5. The van der Waals surface area contributed by atoms with Crippen molar-refractivity contribution >= 4 is 23.8 Å². The van der Waals surface area contributed by atoms with Gasteiger partial charge in [-0.05, 0) is 23.3 Å². The minimum Gasteiger partial charge on any atom is -0.497 e. The van der Waals surface area contributed by atoms with E-state index in [9.17, 15) is 19.2 Å². The Kier molecular flexibility index (Phi) is 13.1. The number of aromatic nitrogens is 1. The Balaban J connectivity index is 0.00000380. The minimum atomic E-state index is -1.45. The van der Waals surface area contributed by atoms with Gasteiger partial charge in [0.15, 0.2) is 18.0 Å². The zero-order valence-electron chi connectivity index (χ0n) is 20.6. The Morgan fingerprint density at radius 2 is 1.49 bits per heavy atom. The number of methoxy groups -OCH3 is 1. The SMILES string of the molecule is COc1cccc(CNC(=O)[C@H](Cc2ccccc2)NC(=O)COc2cc(C(=O)O)nc(C(=O)O)c2)c1.O.[Cu]. The Morgan fingerprint density at radius 1 is 0.872 bits per heavy atom. The van der Waals surface area contributed by atoms with Crippen molar-refractivity contribution in [1.29, 1.82) is 0 Å². The molecular weight excluding hydrogens is 562 g/mol. The van der Waals surface area contributed by atoms with E-state index in [0.29, 0.717) is 5.75 Å². The Morgan fingerprint density at radius 3 is 2.08 bits per heavy atom. The predicted octanol–water partition coefficient (Wildman–Crippen LogP) is 1.08. The molecule has 0 unspecified atom stereocenters. The molecule has 1 heterocycles. The van der Waals surface area contributed by atoms with E-state index in [1.807, 2.05) is 36.4 Å². The number of carbonyl (C=O) groups excluding carboxylic acids is 2. The molecular formula is C26H27CuN3O9. The van der Waals surface area contributed by atoms with Gasteiger partial charge in [0.1, 0.15) is 17.5 Å². The fourth-order valence-corrected chi connectivity index (χ4v) is 3.35. The van der Waals surface area contributed by atoms with Crippen LogP contribution in [-0.2, 0) is 39.6 Å². The maximum atomic E-state index is 13.0. The molecule has 0 fully saturated rings. The summed E-state index contributed by atoms with van der Waals surface area (Å²) >= 11 is 0. The molecule has 12 nitrogen and oxygen atoms in total. The number of nitrogens with one attached hydrogen (secondary N) is 2. The fourth-order valence-electron chi connectivity index (χ4n) is 3.35. The van der Waals surface area contributed by atoms with Crippen LogP contribution in [0.15, 0.2) is 66.7 Å². The second-order valence-corrected chi connectivity index (χ2v) is 7.85. The van der Waals surface area contributed by atoms with Gasteiger partial charge in [-0.25, -0.2) is 14.6 Å². The maximum Gasteiger partial charge on any atom is 0.354 e. The van der Waals surface area contributed by atoms with Crippen molar-refractivity contribution in [3.8, 4) is 11.5 Å². The standard InChI is InChI=1S/C26H25N3O8.Cu.H2O/c1-36-18-9-5-8-17(10-18)14-27-24(31)20(11-16-6-3-2-4-7-16)29-23(30)15-37-19-12-21(25(32)33)28-22(13-19)26(34)35;;/h2-10,12-13,20H,11,14-15H2,1H3,(H,27,31)(H,29,30)(H,32,33)(H,34,35);;1H2/t20-;;/m0../s1. The number of nitrogens with zero attached hydrogens (tertiary/aromatic N) is 1. The number of aromatic carboxylic acids is 2. The summed E-state index contributed by atoms with van der Waals surface area (Å²) in [5.74, 6) is -3.51. The van der Waals surface area contributed by atoms with Crippen molar-refractivity contribution < 1.29 is 61.4 Å². The molecule has 1 atom stereocenters. The van der Waals surface area contributed by atoms with Crippen LogP contribution in [0.2, 0.25) is 0 Å². The normalized spacial score (nSPS) is 10.6. The number of carbonyl (C=O) groups is 4. The second-order valence-electron chi connectivity index (χ2n) is 7.85. The monoisotopic (exact) mass is 588 g/mol. The molecule has 1 radical (unpaired) electrons. The molecule has 0 aliphatic rings. The van der Waals surface area contributed by atoms with E-state index in [0.717, 1.165) is 23.3 Å². The molecule has 2 amide bonds. The molecule has 6 N–H and O–H groups in total. The van der Waals surface area contributed by atoms with Crippen LogP contribution < -0.4 is 20.1 Å². The van der Waals surface area contributed by atoms with Crippen LogP contribution in [-0.4, -0.2) is 64.2 Å². The summed E-state index contributed by atoms with van der Waals surface area (Å²) in [6, 6.07) is 17.4. The Hall–Kier alpha value is -4.45. The third-order valence-electron chi connectivity index (χ3n) is 5.14. The van der Waals surface area contributed by atoms with Gasteiger partial charge in [-0.3, -0.25) is 9.59 Å². The molecule has 39 heavy (non-hydrogen) atoms. The minimum absolute atomic E-state index is 0. The van der Waals surface area contributed by atoms with Gasteiger partial charge in [-0.1, -0.05) is 42.5 Å². The molecule has 2 aromatic carbocycles. The quantitative estimate of drug-likeness (QED) is 0.224. The number of carboxylic acids is 2. The summed E-state index contributed by atoms with van der Waals surface area (Å²) in [7, 11) is 1.54. The molecule has 0 saturated heterocycles. The number of ether oxygens (including phenoxy) is 2. The van der Waals surface area contributed by atoms with Crippen molar-refractivity contribution in [3.63, 3.8) is 0 Å². The van der Waals surface area contributed by atoms with Crippen molar-refractivity contribution in [2.45, 2.75) is 19.0 Å². The van der Waals surface area contributed by atoms with E-state index in [2.05, 4.69) is 15.6 Å². The topological polar surface area (TPSA) is 196 Å². The molecule has 1 aromatic heterocycles. The van der Waals surface area contributed by atoms with Gasteiger partial charge in [-0.2, -0.15) is 0 Å². The van der Waals surface area contributed by atoms with E-state index in [4.69, 9.17) is 19.7 Å². The number of benzene rings is 2. The van der Waals surface area contributed by atoms with E-state index in [1.54, 1.807) is 25.3 Å². The molecule has 0 spiro atoms. The zero-order valence-corrected chi connectivity index (χ0v) is 21.6. The summed E-state index contributed by atoms with van der Waals surface area (Å²) in [5.41, 5.74) is 0.530. The number of carboxylic acid groups (broad SMARTS) is 2. The van der Waals surface area contributed by atoms with Gasteiger partial charge in [0.2, 0.25) is 5.91 Å². The molecule has 0 aliphatic heterocycles.